The van der Waals surface area contributed by atoms with E-state index in [2.05, 4.69) is 16.0 Å². The van der Waals surface area contributed by atoms with Crippen LogP contribution in [-0.2, 0) is 6.42 Å². The van der Waals surface area contributed by atoms with Gasteiger partial charge < -0.3 is 5.11 Å². The summed E-state index contributed by atoms with van der Waals surface area (Å²) in [5.74, 6) is 0.453. The van der Waals surface area contributed by atoms with E-state index in [0.717, 1.165) is 5.75 Å². The van der Waals surface area contributed by atoms with Crippen molar-refractivity contribution in [3.8, 4) is 0 Å². The zero-order valence-electron chi connectivity index (χ0n) is 11.1. The minimum absolute atomic E-state index is 0.222. The molecule has 0 radical (unpaired) electrons. The van der Waals surface area contributed by atoms with Gasteiger partial charge in [-0.1, -0.05) is 18.6 Å². The average molecular weight is 266 g/mol. The number of hydrogen-bond acceptors (Lipinski definition) is 4. The van der Waals surface area contributed by atoms with Gasteiger partial charge >= 0.3 is 5.97 Å². The number of allylic oxidation sites excluding steroid dienone is 1. The standard InChI is InChI=1S/C13H18N2O2S/c1-5-10-14-9(4)11(13(16)17)12(15-10)18-7-6-8(2)3/h6H,5,7H2,1-4H3,(H,16,17). The summed E-state index contributed by atoms with van der Waals surface area (Å²) in [6.45, 7) is 7.71. The lowest BCUT2D eigenvalue weighted by Crippen LogP contribution is -2.09. The number of aryl methyl sites for hydroxylation is 2. The molecule has 0 bridgehead atoms. The number of aromatic nitrogens is 2. The minimum Gasteiger partial charge on any atom is -0.478 e. The lowest BCUT2D eigenvalue weighted by atomic mass is 10.2. The van der Waals surface area contributed by atoms with Crippen LogP contribution in [0.4, 0.5) is 0 Å². The van der Waals surface area contributed by atoms with Crippen LogP contribution in [0.15, 0.2) is 16.7 Å². The van der Waals surface area contributed by atoms with Gasteiger partial charge in [0.25, 0.3) is 0 Å². The topological polar surface area (TPSA) is 63.1 Å². The Bertz CT molecular complexity index is 480. The molecule has 1 aromatic heterocycles. The maximum atomic E-state index is 11.2. The van der Waals surface area contributed by atoms with E-state index in [1.165, 1.54) is 17.3 Å². The highest BCUT2D eigenvalue weighted by atomic mass is 32.2. The summed E-state index contributed by atoms with van der Waals surface area (Å²) in [6.07, 6.45) is 2.76. The van der Waals surface area contributed by atoms with Crippen molar-refractivity contribution in [2.45, 2.75) is 39.1 Å². The molecule has 0 aliphatic heterocycles. The van der Waals surface area contributed by atoms with Gasteiger partial charge in [-0.05, 0) is 20.8 Å². The van der Waals surface area contributed by atoms with E-state index in [1.54, 1.807) is 6.92 Å². The van der Waals surface area contributed by atoms with Crippen LogP contribution in [0, 0.1) is 6.92 Å². The monoisotopic (exact) mass is 266 g/mol. The van der Waals surface area contributed by atoms with Crippen molar-refractivity contribution >= 4 is 17.7 Å². The van der Waals surface area contributed by atoms with E-state index >= 15 is 0 Å². The van der Waals surface area contributed by atoms with Crippen LogP contribution in [-0.4, -0.2) is 26.8 Å². The molecule has 0 spiro atoms. The number of carboxylic acid groups (broad SMARTS) is 1. The number of aromatic carboxylic acids is 1. The Morgan fingerprint density at radius 3 is 2.56 bits per heavy atom. The average Bonchev–Trinajstić information content (AvgIpc) is 2.27. The summed E-state index contributed by atoms with van der Waals surface area (Å²) < 4.78 is 0. The Balaban J connectivity index is 3.09. The van der Waals surface area contributed by atoms with Crippen LogP contribution in [0.25, 0.3) is 0 Å². The molecular formula is C13H18N2O2S. The molecule has 5 heteroatoms. The summed E-state index contributed by atoms with van der Waals surface area (Å²) in [4.78, 5) is 19.7. The number of carbonyl (C=O) groups is 1. The molecule has 0 fully saturated rings. The summed E-state index contributed by atoms with van der Waals surface area (Å²) in [5.41, 5.74) is 1.97. The fraction of sp³-hybridized carbons (Fsp3) is 0.462. The second kappa shape index (κ2) is 6.54. The quantitative estimate of drug-likeness (QED) is 0.504. The number of carboxylic acids is 1. The lowest BCUT2D eigenvalue weighted by molar-refractivity contribution is 0.0690. The Morgan fingerprint density at radius 1 is 1.39 bits per heavy atom. The molecule has 0 aliphatic carbocycles. The van der Waals surface area contributed by atoms with Crippen molar-refractivity contribution in [2.24, 2.45) is 0 Å². The first-order valence-corrected chi connectivity index (χ1v) is 6.81. The molecular weight excluding hydrogens is 248 g/mol. The zero-order valence-corrected chi connectivity index (χ0v) is 12.0. The number of thioether (sulfide) groups is 1. The first-order valence-electron chi connectivity index (χ1n) is 5.82. The van der Waals surface area contributed by atoms with Crippen LogP contribution in [0.2, 0.25) is 0 Å². The first kappa shape index (κ1) is 14.7. The first-order chi connectivity index (χ1) is 8.45. The van der Waals surface area contributed by atoms with Gasteiger partial charge in [0, 0.05) is 12.2 Å². The third-order valence-electron chi connectivity index (χ3n) is 2.34. The third kappa shape index (κ3) is 3.84. The molecule has 18 heavy (non-hydrogen) atoms. The van der Waals surface area contributed by atoms with E-state index in [-0.39, 0.29) is 5.56 Å². The largest absolute Gasteiger partial charge is 0.478 e. The second-order valence-corrected chi connectivity index (χ2v) is 5.17. The molecule has 0 aromatic carbocycles. The molecule has 0 atom stereocenters. The van der Waals surface area contributed by atoms with Crippen molar-refractivity contribution in [3.05, 3.63) is 28.7 Å². The van der Waals surface area contributed by atoms with Crippen LogP contribution in [0.3, 0.4) is 0 Å². The van der Waals surface area contributed by atoms with Gasteiger partial charge in [0.2, 0.25) is 0 Å². The lowest BCUT2D eigenvalue weighted by Gasteiger charge is -2.08. The highest BCUT2D eigenvalue weighted by Gasteiger charge is 2.17. The Kier molecular flexibility index (Phi) is 5.34. The van der Waals surface area contributed by atoms with Crippen molar-refractivity contribution < 1.29 is 9.90 Å². The Hall–Kier alpha value is -1.36. The van der Waals surface area contributed by atoms with Crippen molar-refractivity contribution in [2.75, 3.05) is 5.75 Å². The molecule has 0 amide bonds. The smallest absolute Gasteiger partial charge is 0.340 e. The predicted octanol–water partition coefficient (Wildman–Crippen LogP) is 3.10. The molecule has 98 valence electrons. The minimum atomic E-state index is -0.963. The molecule has 4 nitrogen and oxygen atoms in total. The van der Waals surface area contributed by atoms with Crippen LogP contribution < -0.4 is 0 Å². The normalized spacial score (nSPS) is 10.2. The fourth-order valence-corrected chi connectivity index (χ4v) is 2.52. The molecule has 0 saturated carbocycles. The van der Waals surface area contributed by atoms with E-state index in [9.17, 15) is 9.90 Å². The number of hydrogen-bond donors (Lipinski definition) is 1. The van der Waals surface area contributed by atoms with Gasteiger partial charge in [-0.25, -0.2) is 14.8 Å². The van der Waals surface area contributed by atoms with Gasteiger partial charge in [-0.15, -0.1) is 11.8 Å². The van der Waals surface area contributed by atoms with Gasteiger partial charge in [0.1, 0.15) is 16.4 Å². The van der Waals surface area contributed by atoms with E-state index in [4.69, 9.17) is 0 Å². The maximum Gasteiger partial charge on any atom is 0.340 e. The third-order valence-corrected chi connectivity index (χ3v) is 3.25. The predicted molar refractivity (Wildman–Crippen MR) is 73.3 cm³/mol. The SMILES string of the molecule is CCc1nc(C)c(C(=O)O)c(SCC=C(C)C)n1. The van der Waals surface area contributed by atoms with Crippen LogP contribution >= 0.6 is 11.8 Å². The van der Waals surface area contributed by atoms with Gasteiger partial charge in [-0.3, -0.25) is 0 Å². The summed E-state index contributed by atoms with van der Waals surface area (Å²) in [7, 11) is 0. The molecule has 1 N–H and O–H groups in total. The number of rotatable bonds is 5. The van der Waals surface area contributed by atoms with Gasteiger partial charge in [-0.2, -0.15) is 0 Å². The molecule has 0 unspecified atom stereocenters. The Morgan fingerprint density at radius 2 is 2.06 bits per heavy atom. The molecule has 1 heterocycles. The van der Waals surface area contributed by atoms with Gasteiger partial charge in [0.05, 0.1) is 5.69 Å². The summed E-state index contributed by atoms with van der Waals surface area (Å²) >= 11 is 1.44. The van der Waals surface area contributed by atoms with E-state index in [1.807, 2.05) is 20.8 Å². The molecule has 0 aliphatic rings. The maximum absolute atomic E-state index is 11.2. The highest BCUT2D eigenvalue weighted by molar-refractivity contribution is 7.99. The second-order valence-electron chi connectivity index (χ2n) is 4.16. The van der Waals surface area contributed by atoms with Crippen molar-refractivity contribution in [1.29, 1.82) is 0 Å². The Labute approximate surface area is 112 Å². The molecule has 1 aromatic rings. The zero-order chi connectivity index (χ0) is 13.7. The van der Waals surface area contributed by atoms with Gasteiger partial charge in [0.15, 0.2) is 0 Å². The fourth-order valence-electron chi connectivity index (χ4n) is 1.40. The van der Waals surface area contributed by atoms with Crippen molar-refractivity contribution in [1.82, 2.24) is 9.97 Å². The highest BCUT2D eigenvalue weighted by Crippen LogP contribution is 2.23. The van der Waals surface area contributed by atoms with E-state index < -0.39 is 5.97 Å². The van der Waals surface area contributed by atoms with Crippen LogP contribution in [0.5, 0.6) is 0 Å². The van der Waals surface area contributed by atoms with Crippen LogP contribution in [0.1, 0.15) is 42.6 Å². The van der Waals surface area contributed by atoms with E-state index in [0.29, 0.717) is 23.0 Å². The summed E-state index contributed by atoms with van der Waals surface area (Å²) in [6, 6.07) is 0. The summed E-state index contributed by atoms with van der Waals surface area (Å²) in [5, 5.41) is 9.77. The molecule has 0 saturated heterocycles. The van der Waals surface area contributed by atoms with Crippen molar-refractivity contribution in [3.63, 3.8) is 0 Å². The number of nitrogens with zero attached hydrogens (tertiary/aromatic N) is 2. The molecule has 1 rings (SSSR count).